The van der Waals surface area contributed by atoms with Gasteiger partial charge in [0.1, 0.15) is 0 Å². The van der Waals surface area contributed by atoms with E-state index < -0.39 is 0 Å². The fourth-order valence-electron chi connectivity index (χ4n) is 2.61. The van der Waals surface area contributed by atoms with Gasteiger partial charge in [-0.05, 0) is 43.2 Å². The van der Waals surface area contributed by atoms with Gasteiger partial charge in [0, 0.05) is 16.2 Å². The van der Waals surface area contributed by atoms with E-state index in [0.29, 0.717) is 6.04 Å². The molecule has 3 heteroatoms. The highest BCUT2D eigenvalue weighted by atomic mass is 79.9. The molecule has 0 N–H and O–H groups in total. The summed E-state index contributed by atoms with van der Waals surface area (Å²) in [7, 11) is 0. The normalized spacial score (nSPS) is 17.9. The second kappa shape index (κ2) is 4.60. The largest absolute Gasteiger partial charge is 0.337 e. The van der Waals surface area contributed by atoms with Crippen LogP contribution in [0.5, 0.6) is 0 Å². The maximum Gasteiger partial charge on any atom is 0.0654 e. The molecule has 1 heterocycles. The minimum atomic E-state index is 0.445. The summed E-state index contributed by atoms with van der Waals surface area (Å²) in [4.78, 5) is 2.32. The minimum absolute atomic E-state index is 0.445. The Balaban J connectivity index is 2.12. The number of halogens is 2. The van der Waals surface area contributed by atoms with Crippen LogP contribution in [0.25, 0.3) is 0 Å². The van der Waals surface area contributed by atoms with Gasteiger partial charge < -0.3 is 4.90 Å². The molecule has 0 saturated carbocycles. The molecule has 0 bridgehead atoms. The Morgan fingerprint density at radius 3 is 2.72 bits per heavy atom. The molecule has 1 nitrogen and oxygen atoms in total. The van der Waals surface area contributed by atoms with E-state index >= 15 is 0 Å². The second-order valence-corrected chi connectivity index (χ2v) is 5.97. The van der Waals surface area contributed by atoms with Gasteiger partial charge in [0.25, 0.3) is 0 Å². The van der Waals surface area contributed by atoms with Crippen molar-refractivity contribution in [3.63, 3.8) is 0 Å². The summed E-state index contributed by atoms with van der Waals surface area (Å²) >= 11 is 9.82. The molecule has 1 aliphatic rings. The third kappa shape index (κ3) is 1.94. The molecule has 0 saturated heterocycles. The summed E-state index contributed by atoms with van der Waals surface area (Å²) in [6.07, 6.45) is 1.07. The van der Waals surface area contributed by atoms with Gasteiger partial charge >= 0.3 is 0 Å². The predicted molar refractivity (Wildman–Crippen MR) is 80.9 cm³/mol. The van der Waals surface area contributed by atoms with Gasteiger partial charge in [-0.2, -0.15) is 0 Å². The number of nitrogens with zero attached hydrogens (tertiary/aromatic N) is 1. The molecule has 0 aliphatic carbocycles. The van der Waals surface area contributed by atoms with Gasteiger partial charge in [0.05, 0.1) is 10.7 Å². The molecule has 0 aromatic heterocycles. The number of hydrogen-bond donors (Lipinski definition) is 0. The van der Waals surface area contributed by atoms with Crippen molar-refractivity contribution in [3.05, 3.63) is 57.5 Å². The molecule has 1 unspecified atom stereocenters. The van der Waals surface area contributed by atoms with Gasteiger partial charge in [-0.25, -0.2) is 0 Å². The van der Waals surface area contributed by atoms with Crippen molar-refractivity contribution in [1.82, 2.24) is 0 Å². The lowest BCUT2D eigenvalue weighted by Crippen LogP contribution is -2.24. The lowest BCUT2D eigenvalue weighted by Gasteiger charge is -2.26. The zero-order valence-electron chi connectivity index (χ0n) is 10.0. The molecule has 1 aliphatic heterocycles. The Morgan fingerprint density at radius 1 is 1.17 bits per heavy atom. The number of fused-ring (bicyclic) bond motifs is 1. The molecule has 0 amide bonds. The predicted octanol–water partition coefficient (Wildman–Crippen LogP) is 5.19. The maximum atomic E-state index is 6.37. The molecule has 1 atom stereocenters. The summed E-state index contributed by atoms with van der Waals surface area (Å²) in [5.41, 5.74) is 3.75. The first-order valence-electron chi connectivity index (χ1n) is 5.99. The quantitative estimate of drug-likeness (QED) is 0.699. The molecule has 2 aromatic carbocycles. The van der Waals surface area contributed by atoms with E-state index in [0.717, 1.165) is 21.6 Å². The van der Waals surface area contributed by atoms with Crippen molar-refractivity contribution in [1.29, 1.82) is 0 Å². The van der Waals surface area contributed by atoms with Crippen LogP contribution in [-0.2, 0) is 6.42 Å². The highest BCUT2D eigenvalue weighted by molar-refractivity contribution is 9.10. The first kappa shape index (κ1) is 12.1. The number of hydrogen-bond acceptors (Lipinski definition) is 1. The van der Waals surface area contributed by atoms with Crippen LogP contribution < -0.4 is 4.90 Å². The van der Waals surface area contributed by atoms with Crippen LogP contribution in [0, 0.1) is 0 Å². The van der Waals surface area contributed by atoms with Crippen molar-refractivity contribution in [3.8, 4) is 0 Å². The van der Waals surface area contributed by atoms with E-state index in [4.69, 9.17) is 11.6 Å². The smallest absolute Gasteiger partial charge is 0.0654 e. The SMILES string of the molecule is CC1Cc2ccccc2N1c1ccc(Br)cc1Cl. The molecular formula is C15H13BrClN. The fourth-order valence-corrected chi connectivity index (χ4v) is 3.37. The summed E-state index contributed by atoms with van der Waals surface area (Å²) in [6, 6.07) is 15.0. The van der Waals surface area contributed by atoms with E-state index in [1.54, 1.807) is 0 Å². The van der Waals surface area contributed by atoms with Crippen molar-refractivity contribution in [2.24, 2.45) is 0 Å². The van der Waals surface area contributed by atoms with E-state index in [1.807, 2.05) is 12.1 Å². The van der Waals surface area contributed by atoms with Crippen LogP contribution >= 0.6 is 27.5 Å². The van der Waals surface area contributed by atoms with Gasteiger partial charge in [0.2, 0.25) is 0 Å². The monoisotopic (exact) mass is 321 g/mol. The zero-order valence-corrected chi connectivity index (χ0v) is 12.4. The Labute approximate surface area is 121 Å². The average molecular weight is 323 g/mol. The maximum absolute atomic E-state index is 6.37. The van der Waals surface area contributed by atoms with Gasteiger partial charge in [-0.15, -0.1) is 0 Å². The fraction of sp³-hybridized carbons (Fsp3) is 0.200. The van der Waals surface area contributed by atoms with Crippen LogP contribution in [0.2, 0.25) is 5.02 Å². The number of rotatable bonds is 1. The van der Waals surface area contributed by atoms with E-state index in [1.165, 1.54) is 11.3 Å². The molecule has 0 fully saturated rings. The topological polar surface area (TPSA) is 3.24 Å². The van der Waals surface area contributed by atoms with Crippen molar-refractivity contribution < 1.29 is 0 Å². The summed E-state index contributed by atoms with van der Waals surface area (Å²) < 4.78 is 1.01. The summed E-state index contributed by atoms with van der Waals surface area (Å²) in [6.45, 7) is 2.23. The number of benzene rings is 2. The molecule has 92 valence electrons. The number of para-hydroxylation sites is 1. The van der Waals surface area contributed by atoms with E-state index in [-0.39, 0.29) is 0 Å². The highest BCUT2D eigenvalue weighted by Gasteiger charge is 2.27. The molecule has 18 heavy (non-hydrogen) atoms. The van der Waals surface area contributed by atoms with Crippen molar-refractivity contribution >= 4 is 38.9 Å². The summed E-state index contributed by atoms with van der Waals surface area (Å²) in [5, 5.41) is 0.785. The van der Waals surface area contributed by atoms with Gasteiger partial charge in [0.15, 0.2) is 0 Å². The van der Waals surface area contributed by atoms with Crippen molar-refractivity contribution in [2.75, 3.05) is 4.90 Å². The van der Waals surface area contributed by atoms with Crippen LogP contribution in [0.15, 0.2) is 46.9 Å². The third-order valence-electron chi connectivity index (χ3n) is 3.38. The van der Waals surface area contributed by atoms with Crippen LogP contribution in [0.3, 0.4) is 0 Å². The Kier molecular flexibility index (Phi) is 3.08. The Bertz CT molecular complexity index is 597. The van der Waals surface area contributed by atoms with E-state index in [2.05, 4.69) is 58.1 Å². The lowest BCUT2D eigenvalue weighted by atomic mass is 10.1. The molecular weight excluding hydrogens is 310 g/mol. The summed E-state index contributed by atoms with van der Waals surface area (Å²) in [5.74, 6) is 0. The highest BCUT2D eigenvalue weighted by Crippen LogP contribution is 2.41. The van der Waals surface area contributed by atoms with Gasteiger partial charge in [-0.3, -0.25) is 0 Å². The molecule has 0 spiro atoms. The first-order chi connectivity index (χ1) is 8.66. The van der Waals surface area contributed by atoms with Gasteiger partial charge in [-0.1, -0.05) is 45.7 Å². The Morgan fingerprint density at radius 2 is 1.94 bits per heavy atom. The van der Waals surface area contributed by atoms with Crippen LogP contribution in [0.4, 0.5) is 11.4 Å². The lowest BCUT2D eigenvalue weighted by molar-refractivity contribution is 0.759. The molecule has 3 rings (SSSR count). The minimum Gasteiger partial charge on any atom is -0.337 e. The number of anilines is 2. The van der Waals surface area contributed by atoms with Crippen molar-refractivity contribution in [2.45, 2.75) is 19.4 Å². The molecule has 0 radical (unpaired) electrons. The third-order valence-corrected chi connectivity index (χ3v) is 4.17. The van der Waals surface area contributed by atoms with Crippen LogP contribution in [0.1, 0.15) is 12.5 Å². The second-order valence-electron chi connectivity index (χ2n) is 4.65. The van der Waals surface area contributed by atoms with Crippen LogP contribution in [-0.4, -0.2) is 6.04 Å². The average Bonchev–Trinajstić information content (AvgIpc) is 2.66. The zero-order chi connectivity index (χ0) is 12.7. The molecule has 2 aromatic rings. The Hall–Kier alpha value is -0.990. The first-order valence-corrected chi connectivity index (χ1v) is 7.16. The van der Waals surface area contributed by atoms with E-state index in [9.17, 15) is 0 Å². The standard InChI is InChI=1S/C15H13BrClN/c1-10-8-11-4-2-3-5-14(11)18(10)15-7-6-12(16)9-13(15)17/h2-7,9-10H,8H2,1H3.